The summed E-state index contributed by atoms with van der Waals surface area (Å²) < 4.78 is 15.8. The molecule has 9 heteroatoms. The number of amides is 3. The molecule has 0 saturated heterocycles. The fourth-order valence-electron chi connectivity index (χ4n) is 3.03. The highest BCUT2D eigenvalue weighted by Gasteiger charge is 2.15. The van der Waals surface area contributed by atoms with Crippen molar-refractivity contribution in [2.45, 2.75) is 19.4 Å². The lowest BCUT2D eigenvalue weighted by Crippen LogP contribution is -2.37. The molecule has 2 rings (SSSR count). The van der Waals surface area contributed by atoms with Crippen molar-refractivity contribution in [3.8, 4) is 5.75 Å². The van der Waals surface area contributed by atoms with Crippen molar-refractivity contribution >= 4 is 29.8 Å². The van der Waals surface area contributed by atoms with Crippen molar-refractivity contribution < 1.29 is 28.6 Å². The van der Waals surface area contributed by atoms with Crippen LogP contribution < -0.4 is 20.3 Å². The second-order valence-corrected chi connectivity index (χ2v) is 7.70. The van der Waals surface area contributed by atoms with Gasteiger partial charge in [-0.05, 0) is 36.8 Å². The van der Waals surface area contributed by atoms with E-state index in [-0.39, 0.29) is 24.1 Å². The van der Waals surface area contributed by atoms with E-state index in [4.69, 9.17) is 9.47 Å². The van der Waals surface area contributed by atoms with Crippen LogP contribution >= 0.6 is 0 Å². The third-order valence-corrected chi connectivity index (χ3v) is 4.91. The number of nitrogens with one attached hydrogen (secondary N) is 2. The molecule has 2 aromatic rings. The molecule has 0 aliphatic carbocycles. The Morgan fingerprint density at radius 1 is 1.11 bits per heavy atom. The van der Waals surface area contributed by atoms with E-state index >= 15 is 0 Å². The first-order valence-electron chi connectivity index (χ1n) is 10.9. The highest BCUT2D eigenvalue weighted by molar-refractivity contribution is 5.95. The summed E-state index contributed by atoms with van der Waals surface area (Å²) in [4.78, 5) is 36.7. The van der Waals surface area contributed by atoms with Crippen LogP contribution in [0.5, 0.6) is 5.75 Å². The van der Waals surface area contributed by atoms with Crippen molar-refractivity contribution in [1.29, 1.82) is 0 Å². The van der Waals surface area contributed by atoms with Crippen LogP contribution in [0.25, 0.3) is 0 Å². The number of hydrogen-bond acceptors (Lipinski definition) is 6. The molecule has 3 amide bonds. The Morgan fingerprint density at radius 2 is 1.83 bits per heavy atom. The van der Waals surface area contributed by atoms with Gasteiger partial charge in [0.1, 0.15) is 18.1 Å². The smallest absolute Gasteiger partial charge is 0.411 e. The molecule has 0 heterocycles. The molecule has 0 unspecified atom stereocenters. The minimum Gasteiger partial charge on any atom is -0.501 e. The molecule has 0 fully saturated rings. The zero-order valence-corrected chi connectivity index (χ0v) is 20.4. The summed E-state index contributed by atoms with van der Waals surface area (Å²) in [6.45, 7) is 5.76. The first kappa shape index (κ1) is 27.0. The first-order chi connectivity index (χ1) is 16.8. The molecule has 186 valence electrons. The third kappa shape index (κ3) is 8.54. The van der Waals surface area contributed by atoms with Crippen LogP contribution in [0.4, 0.5) is 16.2 Å². The van der Waals surface area contributed by atoms with Gasteiger partial charge in [0.2, 0.25) is 6.41 Å². The fraction of sp³-hybridized carbons (Fsp3) is 0.269. The summed E-state index contributed by atoms with van der Waals surface area (Å²) in [5, 5.41) is 5.37. The average molecular weight is 482 g/mol. The van der Waals surface area contributed by atoms with Crippen molar-refractivity contribution in [2.75, 3.05) is 38.1 Å². The third-order valence-electron chi connectivity index (χ3n) is 4.91. The molecule has 0 aliphatic rings. The Balaban J connectivity index is 1.99. The average Bonchev–Trinajstić information content (AvgIpc) is 2.87. The van der Waals surface area contributed by atoms with Crippen LogP contribution in [0.15, 0.2) is 72.5 Å². The van der Waals surface area contributed by atoms with Gasteiger partial charge in [-0.15, -0.1) is 0 Å². The maximum atomic E-state index is 12.6. The van der Waals surface area contributed by atoms with Gasteiger partial charge in [-0.1, -0.05) is 36.9 Å². The number of nitrogens with zero attached hydrogens (tertiary/aromatic N) is 1. The van der Waals surface area contributed by atoms with Gasteiger partial charge in [-0.3, -0.25) is 14.9 Å². The number of methoxy groups -OCH3 is 2. The predicted octanol–water partition coefficient (Wildman–Crippen LogP) is 3.67. The van der Waals surface area contributed by atoms with Crippen LogP contribution in [-0.2, 0) is 25.5 Å². The van der Waals surface area contributed by atoms with Crippen molar-refractivity contribution in [3.63, 3.8) is 0 Å². The Morgan fingerprint density at radius 3 is 2.46 bits per heavy atom. The molecule has 0 aliphatic heterocycles. The van der Waals surface area contributed by atoms with Gasteiger partial charge in [0, 0.05) is 24.7 Å². The van der Waals surface area contributed by atoms with E-state index in [2.05, 4.69) is 21.9 Å². The van der Waals surface area contributed by atoms with E-state index in [9.17, 15) is 14.4 Å². The quantitative estimate of drug-likeness (QED) is 0.207. The normalized spacial score (nSPS) is 11.6. The predicted molar refractivity (Wildman–Crippen MR) is 134 cm³/mol. The molecule has 1 atom stereocenters. The zero-order valence-electron chi connectivity index (χ0n) is 20.4. The highest BCUT2D eigenvalue weighted by Crippen LogP contribution is 2.30. The number of ether oxygens (including phenoxy) is 3. The monoisotopic (exact) mass is 481 g/mol. The fourth-order valence-corrected chi connectivity index (χ4v) is 3.03. The van der Waals surface area contributed by atoms with E-state index in [1.807, 2.05) is 30.3 Å². The molecule has 0 saturated carbocycles. The summed E-state index contributed by atoms with van der Waals surface area (Å²) in [5.74, 6) is 0.661. The Labute approximate surface area is 205 Å². The first-order valence-corrected chi connectivity index (χ1v) is 10.9. The van der Waals surface area contributed by atoms with Gasteiger partial charge in [0.25, 0.3) is 5.91 Å². The topological polar surface area (TPSA) is 106 Å². The summed E-state index contributed by atoms with van der Waals surface area (Å²) >= 11 is 0. The van der Waals surface area contributed by atoms with E-state index < -0.39 is 6.09 Å². The Bertz CT molecular complexity index is 1070. The van der Waals surface area contributed by atoms with Gasteiger partial charge in [-0.2, -0.15) is 0 Å². The number of benzene rings is 2. The molecule has 9 nitrogen and oxygen atoms in total. The molecule has 0 spiro atoms. The summed E-state index contributed by atoms with van der Waals surface area (Å²) in [7, 11) is 4.36. The Hall–Kier alpha value is -4.27. The number of carbonyl (C=O) groups is 3. The van der Waals surface area contributed by atoms with E-state index in [1.54, 1.807) is 45.4 Å². The zero-order chi connectivity index (χ0) is 25.8. The maximum absolute atomic E-state index is 12.6. The number of rotatable bonds is 12. The largest absolute Gasteiger partial charge is 0.501 e. The van der Waals surface area contributed by atoms with Crippen LogP contribution in [0.3, 0.4) is 0 Å². The molecule has 0 bridgehead atoms. The standard InChI is InChI=1S/C26H31N3O6/c1-18(13-22(33-4)14-20-9-7-6-8-10-20)25(31)27-19(2)16-35-24-12-11-21(28-26(32)34-5)15-23(24)29(3)17-30/h6-13,15,17,19H,1,14,16H2,2-5H3,(H,27,31)(H,28,32)/b22-13-/t19-/m1/s1. The lowest BCUT2D eigenvalue weighted by atomic mass is 10.1. The van der Waals surface area contributed by atoms with E-state index in [0.717, 1.165) is 5.56 Å². The Kier molecular flexibility index (Phi) is 10.4. The minimum atomic E-state index is -0.635. The van der Waals surface area contributed by atoms with Crippen molar-refractivity contribution in [1.82, 2.24) is 5.32 Å². The van der Waals surface area contributed by atoms with Crippen LogP contribution in [0.2, 0.25) is 0 Å². The summed E-state index contributed by atoms with van der Waals surface area (Å²) in [6.07, 6.45) is 2.13. The molecule has 2 aromatic carbocycles. The van der Waals surface area contributed by atoms with Crippen LogP contribution in [0.1, 0.15) is 12.5 Å². The van der Waals surface area contributed by atoms with Gasteiger partial charge in [0.15, 0.2) is 0 Å². The van der Waals surface area contributed by atoms with E-state index in [1.165, 1.54) is 12.0 Å². The van der Waals surface area contributed by atoms with Gasteiger partial charge in [-0.25, -0.2) is 4.79 Å². The highest BCUT2D eigenvalue weighted by atomic mass is 16.5. The van der Waals surface area contributed by atoms with Crippen molar-refractivity contribution in [3.05, 3.63) is 78.1 Å². The van der Waals surface area contributed by atoms with Crippen LogP contribution in [-0.4, -0.2) is 52.3 Å². The second kappa shape index (κ2) is 13.4. The number of anilines is 2. The number of allylic oxidation sites excluding steroid dienone is 1. The summed E-state index contributed by atoms with van der Waals surface area (Å²) in [6, 6.07) is 14.2. The number of carbonyl (C=O) groups excluding carboxylic acids is 3. The lowest BCUT2D eigenvalue weighted by Gasteiger charge is -2.20. The van der Waals surface area contributed by atoms with Gasteiger partial charge in [0.05, 0.1) is 25.9 Å². The van der Waals surface area contributed by atoms with Gasteiger partial charge < -0.3 is 24.4 Å². The summed E-state index contributed by atoms with van der Waals surface area (Å²) in [5.41, 5.74) is 2.18. The van der Waals surface area contributed by atoms with Crippen LogP contribution in [0, 0.1) is 0 Å². The maximum Gasteiger partial charge on any atom is 0.411 e. The van der Waals surface area contributed by atoms with Crippen molar-refractivity contribution in [2.24, 2.45) is 0 Å². The molecule has 2 N–H and O–H groups in total. The van der Waals surface area contributed by atoms with Gasteiger partial charge >= 0.3 is 6.09 Å². The van der Waals surface area contributed by atoms with E-state index in [0.29, 0.717) is 35.7 Å². The lowest BCUT2D eigenvalue weighted by molar-refractivity contribution is -0.118. The molecule has 0 radical (unpaired) electrons. The SMILES string of the molecule is C=C(/C=C(/Cc1ccccc1)OC)C(=O)N[C@H](C)COc1ccc(NC(=O)OC)cc1N(C)C=O. The minimum absolute atomic E-state index is 0.132. The molecular formula is C26H31N3O6. The molecule has 35 heavy (non-hydrogen) atoms. The second-order valence-electron chi connectivity index (χ2n) is 7.70. The molecule has 0 aromatic heterocycles. The molecular weight excluding hydrogens is 450 g/mol. The number of hydrogen-bond donors (Lipinski definition) is 2.